The number of aliphatic hydroxyl groups is 1. The molecule has 0 bridgehead atoms. The van der Waals surface area contributed by atoms with Crippen molar-refractivity contribution in [2.24, 2.45) is 11.7 Å². The molecule has 1 fully saturated rings. The highest BCUT2D eigenvalue weighted by atomic mass is 16.3. The average Bonchev–Trinajstić information content (AvgIpc) is 2.47. The Morgan fingerprint density at radius 1 is 1.52 bits per heavy atom. The zero-order chi connectivity index (χ0) is 15.4. The molecule has 0 saturated carbocycles. The van der Waals surface area contributed by atoms with Gasteiger partial charge in [-0.1, -0.05) is 24.8 Å². The second-order valence-electron chi connectivity index (χ2n) is 5.64. The molecule has 21 heavy (non-hydrogen) atoms. The minimum Gasteiger partial charge on any atom is -0.393 e. The van der Waals surface area contributed by atoms with E-state index in [0.29, 0.717) is 25.1 Å². The predicted octanol–water partition coefficient (Wildman–Crippen LogP) is 1.15. The maximum atomic E-state index is 12.7. The Bertz CT molecular complexity index is 586. The summed E-state index contributed by atoms with van der Waals surface area (Å²) in [6.07, 6.45) is 0.311. The van der Waals surface area contributed by atoms with Crippen LogP contribution in [0.4, 0.5) is 0 Å². The van der Waals surface area contributed by atoms with Crippen LogP contribution in [0.15, 0.2) is 18.2 Å². The lowest BCUT2D eigenvalue weighted by Crippen LogP contribution is -2.45. The van der Waals surface area contributed by atoms with Crippen molar-refractivity contribution < 1.29 is 9.90 Å². The molecule has 112 valence electrons. The van der Waals surface area contributed by atoms with Crippen molar-refractivity contribution >= 4 is 5.91 Å². The molecular formula is C17H22N2O2. The third-order valence-corrected chi connectivity index (χ3v) is 3.88. The zero-order valence-electron chi connectivity index (χ0n) is 12.6. The van der Waals surface area contributed by atoms with E-state index in [1.54, 1.807) is 4.90 Å². The van der Waals surface area contributed by atoms with Gasteiger partial charge in [0.05, 0.1) is 18.2 Å². The summed E-state index contributed by atoms with van der Waals surface area (Å²) in [6, 6.07) is 5.66. The number of rotatable bonds is 1. The monoisotopic (exact) mass is 286 g/mol. The smallest absolute Gasteiger partial charge is 0.255 e. The van der Waals surface area contributed by atoms with Crippen LogP contribution < -0.4 is 5.73 Å². The van der Waals surface area contributed by atoms with Crippen LogP contribution in [0.2, 0.25) is 0 Å². The number of piperidine rings is 1. The van der Waals surface area contributed by atoms with E-state index in [-0.39, 0.29) is 24.5 Å². The van der Waals surface area contributed by atoms with E-state index in [0.717, 1.165) is 11.1 Å². The van der Waals surface area contributed by atoms with Gasteiger partial charge in [0.2, 0.25) is 0 Å². The summed E-state index contributed by atoms with van der Waals surface area (Å²) in [4.78, 5) is 14.5. The molecule has 0 spiro atoms. The first kappa shape index (κ1) is 15.6. The third kappa shape index (κ3) is 3.63. The first-order valence-corrected chi connectivity index (χ1v) is 7.30. The highest BCUT2D eigenvalue weighted by molar-refractivity contribution is 5.97. The van der Waals surface area contributed by atoms with Crippen molar-refractivity contribution in [3.05, 3.63) is 34.9 Å². The number of likely N-dealkylation sites (tertiary alicyclic amines) is 1. The van der Waals surface area contributed by atoms with Crippen LogP contribution in [0, 0.1) is 24.7 Å². The molecule has 1 aromatic carbocycles. The highest BCUT2D eigenvalue weighted by Gasteiger charge is 2.28. The zero-order valence-corrected chi connectivity index (χ0v) is 12.6. The Kier molecular flexibility index (Phi) is 5.00. The van der Waals surface area contributed by atoms with Crippen molar-refractivity contribution in [3.8, 4) is 11.8 Å². The van der Waals surface area contributed by atoms with Crippen LogP contribution in [0.1, 0.15) is 34.8 Å². The van der Waals surface area contributed by atoms with Gasteiger partial charge in [-0.2, -0.15) is 0 Å². The molecule has 1 aromatic rings. The molecule has 4 nitrogen and oxygen atoms in total. The predicted molar refractivity (Wildman–Crippen MR) is 82.8 cm³/mol. The minimum absolute atomic E-state index is 0.0185. The number of aliphatic hydroxyl groups excluding tert-OH is 1. The van der Waals surface area contributed by atoms with Crippen LogP contribution in [0.25, 0.3) is 0 Å². The molecular weight excluding hydrogens is 264 g/mol. The summed E-state index contributed by atoms with van der Waals surface area (Å²) in [5, 5.41) is 9.78. The average molecular weight is 286 g/mol. The van der Waals surface area contributed by atoms with Crippen molar-refractivity contribution in [2.45, 2.75) is 26.4 Å². The summed E-state index contributed by atoms with van der Waals surface area (Å²) < 4.78 is 0. The molecule has 2 rings (SSSR count). The van der Waals surface area contributed by atoms with Crippen LogP contribution in [0.3, 0.4) is 0 Å². The van der Waals surface area contributed by atoms with Gasteiger partial charge >= 0.3 is 0 Å². The van der Waals surface area contributed by atoms with Crippen LogP contribution >= 0.6 is 0 Å². The van der Waals surface area contributed by atoms with Crippen molar-refractivity contribution in [3.63, 3.8) is 0 Å². The Hall–Kier alpha value is -1.83. The maximum absolute atomic E-state index is 12.7. The molecule has 2 atom stereocenters. The van der Waals surface area contributed by atoms with Gasteiger partial charge in [0.15, 0.2) is 0 Å². The van der Waals surface area contributed by atoms with Crippen molar-refractivity contribution in [1.29, 1.82) is 0 Å². The summed E-state index contributed by atoms with van der Waals surface area (Å²) in [7, 11) is 0. The SMILES string of the molecule is Cc1ccc(C(=O)N2CCC(O)C(C)C2)c(C#CCN)c1. The molecule has 0 aliphatic carbocycles. The molecule has 4 heteroatoms. The summed E-state index contributed by atoms with van der Waals surface area (Å²) in [5.74, 6) is 5.88. The van der Waals surface area contributed by atoms with Gasteiger partial charge in [-0.15, -0.1) is 0 Å². The lowest BCUT2D eigenvalue weighted by atomic mass is 9.95. The number of hydrogen-bond acceptors (Lipinski definition) is 3. The number of aryl methyl sites for hydroxylation is 1. The molecule has 1 aliphatic heterocycles. The standard InChI is InChI=1S/C17H22N2O2/c1-12-5-6-15(14(10-12)4-3-8-18)17(21)19-9-7-16(20)13(2)11-19/h5-6,10,13,16,20H,7-9,11,18H2,1-2H3. The second kappa shape index (κ2) is 6.75. The molecule has 0 aromatic heterocycles. The van der Waals surface area contributed by atoms with E-state index < -0.39 is 0 Å². The van der Waals surface area contributed by atoms with Gasteiger partial charge in [-0.3, -0.25) is 4.79 Å². The Balaban J connectivity index is 2.26. The van der Waals surface area contributed by atoms with E-state index in [4.69, 9.17) is 5.73 Å². The Morgan fingerprint density at radius 2 is 2.29 bits per heavy atom. The molecule has 1 amide bonds. The van der Waals surface area contributed by atoms with E-state index in [2.05, 4.69) is 11.8 Å². The van der Waals surface area contributed by atoms with E-state index in [1.165, 1.54) is 0 Å². The summed E-state index contributed by atoms with van der Waals surface area (Å²) in [6.45, 7) is 5.38. The lowest BCUT2D eigenvalue weighted by molar-refractivity contribution is 0.0297. The quantitative estimate of drug-likeness (QED) is 0.761. The Morgan fingerprint density at radius 3 is 2.95 bits per heavy atom. The van der Waals surface area contributed by atoms with Crippen LogP contribution in [-0.2, 0) is 0 Å². The molecule has 0 radical (unpaired) electrons. The molecule has 1 heterocycles. The highest BCUT2D eigenvalue weighted by Crippen LogP contribution is 2.20. The van der Waals surface area contributed by atoms with Gasteiger partial charge in [-0.25, -0.2) is 0 Å². The third-order valence-electron chi connectivity index (χ3n) is 3.88. The number of nitrogens with zero attached hydrogens (tertiary/aromatic N) is 1. The van der Waals surface area contributed by atoms with Crippen LogP contribution in [-0.4, -0.2) is 41.7 Å². The normalized spacial score (nSPS) is 21.6. The van der Waals surface area contributed by atoms with Gasteiger partial charge in [0, 0.05) is 18.7 Å². The fourth-order valence-corrected chi connectivity index (χ4v) is 2.58. The summed E-state index contributed by atoms with van der Waals surface area (Å²) >= 11 is 0. The Labute approximate surface area is 125 Å². The largest absolute Gasteiger partial charge is 0.393 e. The lowest BCUT2D eigenvalue weighted by Gasteiger charge is -2.34. The van der Waals surface area contributed by atoms with E-state index in [1.807, 2.05) is 32.0 Å². The number of benzene rings is 1. The summed E-state index contributed by atoms with van der Waals surface area (Å²) in [5.41, 5.74) is 7.83. The van der Waals surface area contributed by atoms with E-state index >= 15 is 0 Å². The van der Waals surface area contributed by atoms with Crippen molar-refractivity contribution in [1.82, 2.24) is 4.90 Å². The van der Waals surface area contributed by atoms with Crippen molar-refractivity contribution in [2.75, 3.05) is 19.6 Å². The van der Waals surface area contributed by atoms with Gasteiger partial charge in [0.25, 0.3) is 5.91 Å². The number of carbonyl (C=O) groups is 1. The molecule has 1 aliphatic rings. The fraction of sp³-hybridized carbons (Fsp3) is 0.471. The van der Waals surface area contributed by atoms with Gasteiger partial charge < -0.3 is 15.7 Å². The maximum Gasteiger partial charge on any atom is 0.255 e. The molecule has 1 saturated heterocycles. The first-order chi connectivity index (χ1) is 10.0. The number of nitrogens with two attached hydrogens (primary N) is 1. The van der Waals surface area contributed by atoms with E-state index in [9.17, 15) is 9.90 Å². The number of hydrogen-bond donors (Lipinski definition) is 2. The van der Waals surface area contributed by atoms with Gasteiger partial charge in [-0.05, 0) is 37.0 Å². The van der Waals surface area contributed by atoms with Crippen LogP contribution in [0.5, 0.6) is 0 Å². The van der Waals surface area contributed by atoms with Gasteiger partial charge in [0.1, 0.15) is 0 Å². The fourth-order valence-electron chi connectivity index (χ4n) is 2.58. The second-order valence-corrected chi connectivity index (χ2v) is 5.64. The molecule has 3 N–H and O–H groups in total. The topological polar surface area (TPSA) is 66.6 Å². The number of carbonyl (C=O) groups excluding carboxylic acids is 1. The number of amides is 1. The first-order valence-electron chi connectivity index (χ1n) is 7.30. The molecule has 2 unspecified atom stereocenters. The minimum atomic E-state index is -0.316.